The van der Waals surface area contributed by atoms with Crippen LogP contribution < -0.4 is 5.32 Å². The van der Waals surface area contributed by atoms with Crippen molar-refractivity contribution in [1.82, 2.24) is 5.32 Å². The van der Waals surface area contributed by atoms with Crippen molar-refractivity contribution in [2.45, 2.75) is 79.7 Å². The Morgan fingerprint density at radius 3 is 2.22 bits per heavy atom. The molecule has 18 heavy (non-hydrogen) atoms. The van der Waals surface area contributed by atoms with Gasteiger partial charge in [0, 0.05) is 5.54 Å². The van der Waals surface area contributed by atoms with Crippen molar-refractivity contribution < 1.29 is 0 Å². The zero-order valence-electron chi connectivity index (χ0n) is 14.0. The molecule has 0 bridgehead atoms. The van der Waals surface area contributed by atoms with Gasteiger partial charge in [0.25, 0.3) is 0 Å². The minimum absolute atomic E-state index is 0.279. The highest BCUT2D eigenvalue weighted by molar-refractivity contribution is 5.04. The van der Waals surface area contributed by atoms with E-state index in [1.54, 1.807) is 0 Å². The lowest BCUT2D eigenvalue weighted by Crippen LogP contribution is -2.53. The van der Waals surface area contributed by atoms with Crippen molar-refractivity contribution in [1.29, 1.82) is 0 Å². The summed E-state index contributed by atoms with van der Waals surface area (Å²) in [6.45, 7) is 16.9. The Hall–Kier alpha value is -0.0400. The third kappa shape index (κ3) is 2.92. The number of hydrogen-bond acceptors (Lipinski definition) is 1. The van der Waals surface area contributed by atoms with Gasteiger partial charge >= 0.3 is 0 Å². The maximum absolute atomic E-state index is 3.43. The standard InChI is InChI=1S/C17H35N/c1-9-17(7)12-14(16(17,5)6)10-13(2)11-15(3,4)18-8/h13-14,18H,9-12H2,1-8H3. The molecule has 0 aliphatic heterocycles. The van der Waals surface area contributed by atoms with Gasteiger partial charge in [-0.25, -0.2) is 0 Å². The molecule has 1 saturated carbocycles. The van der Waals surface area contributed by atoms with Crippen molar-refractivity contribution in [2.75, 3.05) is 7.05 Å². The quantitative estimate of drug-likeness (QED) is 0.712. The smallest absolute Gasteiger partial charge is 0.0124 e. The summed E-state index contributed by atoms with van der Waals surface area (Å²) in [5.41, 5.74) is 1.39. The van der Waals surface area contributed by atoms with E-state index in [2.05, 4.69) is 60.8 Å². The fraction of sp³-hybridized carbons (Fsp3) is 1.00. The van der Waals surface area contributed by atoms with Crippen LogP contribution in [0.2, 0.25) is 0 Å². The fourth-order valence-corrected chi connectivity index (χ4v) is 3.94. The molecule has 0 saturated heterocycles. The second-order valence-corrected chi connectivity index (χ2v) is 8.22. The van der Waals surface area contributed by atoms with Crippen LogP contribution in [0.15, 0.2) is 0 Å². The predicted molar refractivity (Wildman–Crippen MR) is 81.8 cm³/mol. The van der Waals surface area contributed by atoms with Gasteiger partial charge in [0.15, 0.2) is 0 Å². The Morgan fingerprint density at radius 2 is 1.83 bits per heavy atom. The SMILES string of the molecule is CCC1(C)CC(CC(C)CC(C)(C)NC)C1(C)C. The van der Waals surface area contributed by atoms with Gasteiger partial charge < -0.3 is 5.32 Å². The molecular formula is C17H35N. The summed E-state index contributed by atoms with van der Waals surface area (Å²) in [5, 5.41) is 3.43. The summed E-state index contributed by atoms with van der Waals surface area (Å²) in [5.74, 6) is 1.74. The Kier molecular flexibility index (Phi) is 4.58. The Labute approximate surface area is 115 Å². The predicted octanol–water partition coefficient (Wildman–Crippen LogP) is 4.86. The first kappa shape index (κ1) is 16.0. The van der Waals surface area contributed by atoms with Crippen LogP contribution in [0.3, 0.4) is 0 Å². The highest BCUT2D eigenvalue weighted by Gasteiger charge is 2.55. The number of rotatable bonds is 6. The second-order valence-electron chi connectivity index (χ2n) is 8.22. The summed E-state index contributed by atoms with van der Waals surface area (Å²) in [6, 6.07) is 0. The number of nitrogens with one attached hydrogen (secondary N) is 1. The van der Waals surface area contributed by atoms with Crippen molar-refractivity contribution >= 4 is 0 Å². The lowest BCUT2D eigenvalue weighted by molar-refractivity contribution is -0.119. The van der Waals surface area contributed by atoms with Crippen molar-refractivity contribution in [3.05, 3.63) is 0 Å². The van der Waals surface area contributed by atoms with E-state index in [9.17, 15) is 0 Å². The third-order valence-electron chi connectivity index (χ3n) is 6.28. The van der Waals surface area contributed by atoms with Crippen LogP contribution in [-0.2, 0) is 0 Å². The molecule has 1 rings (SSSR count). The molecular weight excluding hydrogens is 218 g/mol. The van der Waals surface area contributed by atoms with Gasteiger partial charge in [-0.3, -0.25) is 0 Å². The summed E-state index contributed by atoms with van der Waals surface area (Å²) in [7, 11) is 2.08. The second kappa shape index (κ2) is 5.15. The van der Waals surface area contributed by atoms with Crippen LogP contribution in [0.5, 0.6) is 0 Å². The number of hydrogen-bond donors (Lipinski definition) is 1. The molecule has 1 aliphatic rings. The first-order valence-corrected chi connectivity index (χ1v) is 7.77. The van der Waals surface area contributed by atoms with Gasteiger partial charge in [-0.1, -0.05) is 41.0 Å². The normalized spacial score (nSPS) is 33.0. The van der Waals surface area contributed by atoms with E-state index in [4.69, 9.17) is 0 Å². The van der Waals surface area contributed by atoms with Gasteiger partial charge in [-0.05, 0) is 62.8 Å². The minimum atomic E-state index is 0.279. The summed E-state index contributed by atoms with van der Waals surface area (Å²) in [6.07, 6.45) is 5.43. The molecule has 0 spiro atoms. The van der Waals surface area contributed by atoms with E-state index in [1.807, 2.05) is 0 Å². The highest BCUT2D eigenvalue weighted by Crippen LogP contribution is 2.63. The van der Waals surface area contributed by atoms with Crippen LogP contribution in [0.1, 0.15) is 74.1 Å². The molecule has 1 fully saturated rings. The zero-order chi connectivity index (χ0) is 14.2. The van der Waals surface area contributed by atoms with Crippen LogP contribution >= 0.6 is 0 Å². The largest absolute Gasteiger partial charge is 0.315 e. The Balaban J connectivity index is 2.51. The molecule has 1 N–H and O–H groups in total. The van der Waals surface area contributed by atoms with E-state index >= 15 is 0 Å². The zero-order valence-corrected chi connectivity index (χ0v) is 14.0. The highest BCUT2D eigenvalue weighted by atomic mass is 14.9. The molecule has 0 radical (unpaired) electrons. The van der Waals surface area contributed by atoms with E-state index in [1.165, 1.54) is 25.7 Å². The van der Waals surface area contributed by atoms with Gasteiger partial charge in [-0.2, -0.15) is 0 Å². The first-order chi connectivity index (χ1) is 8.08. The van der Waals surface area contributed by atoms with Gasteiger partial charge in [0.2, 0.25) is 0 Å². The van der Waals surface area contributed by atoms with E-state index in [-0.39, 0.29) is 5.54 Å². The topological polar surface area (TPSA) is 12.0 Å². The van der Waals surface area contributed by atoms with E-state index in [0.29, 0.717) is 10.8 Å². The van der Waals surface area contributed by atoms with Crippen LogP contribution in [0, 0.1) is 22.7 Å². The van der Waals surface area contributed by atoms with Crippen LogP contribution in [0.4, 0.5) is 0 Å². The molecule has 0 aromatic heterocycles. The average Bonchev–Trinajstić information content (AvgIpc) is 2.27. The Bertz CT molecular complexity index is 279. The van der Waals surface area contributed by atoms with Crippen molar-refractivity contribution in [2.24, 2.45) is 22.7 Å². The summed E-state index contributed by atoms with van der Waals surface area (Å²) in [4.78, 5) is 0. The van der Waals surface area contributed by atoms with E-state index < -0.39 is 0 Å². The van der Waals surface area contributed by atoms with Crippen LogP contribution in [-0.4, -0.2) is 12.6 Å². The maximum Gasteiger partial charge on any atom is 0.0124 e. The lowest BCUT2D eigenvalue weighted by Gasteiger charge is -2.61. The van der Waals surface area contributed by atoms with E-state index in [0.717, 1.165) is 11.8 Å². The lowest BCUT2D eigenvalue weighted by atomic mass is 9.44. The molecule has 3 unspecified atom stereocenters. The molecule has 1 nitrogen and oxygen atoms in total. The van der Waals surface area contributed by atoms with Crippen molar-refractivity contribution in [3.8, 4) is 0 Å². The molecule has 0 aromatic rings. The maximum atomic E-state index is 3.43. The summed E-state index contributed by atoms with van der Waals surface area (Å²) < 4.78 is 0. The monoisotopic (exact) mass is 253 g/mol. The van der Waals surface area contributed by atoms with Crippen molar-refractivity contribution in [3.63, 3.8) is 0 Å². The Morgan fingerprint density at radius 1 is 1.28 bits per heavy atom. The first-order valence-electron chi connectivity index (χ1n) is 7.77. The van der Waals surface area contributed by atoms with Gasteiger partial charge in [0.1, 0.15) is 0 Å². The molecule has 0 heterocycles. The van der Waals surface area contributed by atoms with Gasteiger partial charge in [0.05, 0.1) is 0 Å². The third-order valence-corrected chi connectivity index (χ3v) is 6.28. The fourth-order valence-electron chi connectivity index (χ4n) is 3.94. The average molecular weight is 253 g/mol. The van der Waals surface area contributed by atoms with Crippen LogP contribution in [0.25, 0.3) is 0 Å². The molecule has 108 valence electrons. The molecule has 1 heteroatoms. The van der Waals surface area contributed by atoms with Gasteiger partial charge in [-0.15, -0.1) is 0 Å². The summed E-state index contributed by atoms with van der Waals surface area (Å²) >= 11 is 0. The minimum Gasteiger partial charge on any atom is -0.315 e. The molecule has 0 aromatic carbocycles. The molecule has 0 amide bonds. The molecule has 3 atom stereocenters. The molecule has 1 aliphatic carbocycles.